The summed E-state index contributed by atoms with van der Waals surface area (Å²) in [5, 5.41) is 9.15. The van der Waals surface area contributed by atoms with E-state index < -0.39 is 5.97 Å². The third kappa shape index (κ3) is 5.01. The van der Waals surface area contributed by atoms with Crippen molar-refractivity contribution in [2.24, 2.45) is 0 Å². The molecule has 2 aromatic rings. The Labute approximate surface area is 160 Å². The lowest BCUT2D eigenvalue weighted by molar-refractivity contribution is 0.0696. The van der Waals surface area contributed by atoms with Crippen LogP contribution in [0.2, 0.25) is 0 Å². The van der Waals surface area contributed by atoms with Crippen LogP contribution >= 0.6 is 0 Å². The molecular weight excluding hydrogens is 343 g/mol. The van der Waals surface area contributed by atoms with Crippen molar-refractivity contribution < 1.29 is 19.4 Å². The molecule has 0 atom stereocenters. The summed E-state index contributed by atoms with van der Waals surface area (Å²) in [6, 6.07) is 10.7. The molecule has 0 saturated carbocycles. The van der Waals surface area contributed by atoms with Gasteiger partial charge in [0.1, 0.15) is 12.4 Å². The zero-order valence-electron chi connectivity index (χ0n) is 15.9. The number of ether oxygens (including phenoxy) is 2. The first kappa shape index (κ1) is 19.2. The van der Waals surface area contributed by atoms with E-state index in [1.54, 1.807) is 12.1 Å². The van der Waals surface area contributed by atoms with Gasteiger partial charge in [0.15, 0.2) is 7.98 Å². The third-order valence-corrected chi connectivity index (χ3v) is 4.87. The van der Waals surface area contributed by atoms with Crippen molar-refractivity contribution >= 4 is 14.0 Å². The minimum absolute atomic E-state index is 0.199. The Kier molecular flexibility index (Phi) is 6.34. The van der Waals surface area contributed by atoms with Gasteiger partial charge in [0.2, 0.25) is 5.88 Å². The highest BCUT2D eigenvalue weighted by molar-refractivity contribution is 6.04. The van der Waals surface area contributed by atoms with Crippen LogP contribution in [0.3, 0.4) is 0 Å². The summed E-state index contributed by atoms with van der Waals surface area (Å²) >= 11 is 0. The van der Waals surface area contributed by atoms with Gasteiger partial charge in [-0.15, -0.1) is 0 Å². The molecule has 0 unspecified atom stereocenters. The molecule has 6 nitrogen and oxygen atoms in total. The highest BCUT2D eigenvalue weighted by Crippen LogP contribution is 2.28. The van der Waals surface area contributed by atoms with Crippen LogP contribution in [0, 0.1) is 0 Å². The number of carbonyl (C=O) groups is 1. The van der Waals surface area contributed by atoms with Gasteiger partial charge in [-0.05, 0) is 51.1 Å². The molecule has 1 N–H and O–H groups in total. The first-order chi connectivity index (χ1) is 13.1. The number of aromatic nitrogens is 1. The maximum atomic E-state index is 11.2. The van der Waals surface area contributed by atoms with Crippen LogP contribution in [0.15, 0.2) is 36.4 Å². The van der Waals surface area contributed by atoms with Crippen molar-refractivity contribution in [3.63, 3.8) is 0 Å². The van der Waals surface area contributed by atoms with Crippen molar-refractivity contribution in [1.29, 1.82) is 0 Å². The van der Waals surface area contributed by atoms with Crippen LogP contribution in [0.1, 0.15) is 47.3 Å². The maximum absolute atomic E-state index is 11.2. The predicted octanol–water partition coefficient (Wildman–Crippen LogP) is 2.49. The maximum Gasteiger partial charge on any atom is 0.335 e. The van der Waals surface area contributed by atoms with Crippen molar-refractivity contribution in [1.82, 2.24) is 9.79 Å². The Bertz CT molecular complexity index is 791. The molecule has 27 heavy (non-hydrogen) atoms. The SMILES string of the molecule is BN1CCC(c2cccc(OCc3ccc(C(=O)O)cc3OCC)n2)CC1. The monoisotopic (exact) mass is 368 g/mol. The summed E-state index contributed by atoms with van der Waals surface area (Å²) in [5.74, 6) is 0.606. The molecule has 0 bridgehead atoms. The summed E-state index contributed by atoms with van der Waals surface area (Å²) in [6.07, 6.45) is 2.22. The Morgan fingerprint density at radius 3 is 2.74 bits per heavy atom. The molecule has 1 fully saturated rings. The number of carboxylic acids is 1. The minimum atomic E-state index is -0.976. The molecule has 0 radical (unpaired) electrons. The molecule has 1 aromatic carbocycles. The second-order valence-corrected chi connectivity index (χ2v) is 6.83. The van der Waals surface area contributed by atoms with Crippen LogP contribution < -0.4 is 9.47 Å². The van der Waals surface area contributed by atoms with Gasteiger partial charge in [0.05, 0.1) is 12.2 Å². The van der Waals surface area contributed by atoms with E-state index >= 15 is 0 Å². The summed E-state index contributed by atoms with van der Waals surface area (Å²) in [7, 11) is 2.15. The molecule has 3 rings (SSSR count). The first-order valence-electron chi connectivity index (χ1n) is 9.34. The molecule has 2 heterocycles. The Balaban J connectivity index is 1.69. The van der Waals surface area contributed by atoms with E-state index in [2.05, 4.69) is 23.8 Å². The normalized spacial score (nSPS) is 15.4. The van der Waals surface area contributed by atoms with Crippen molar-refractivity contribution in [2.45, 2.75) is 32.3 Å². The lowest BCUT2D eigenvalue weighted by Crippen LogP contribution is -2.30. The molecule has 1 aliphatic heterocycles. The third-order valence-electron chi connectivity index (χ3n) is 4.87. The van der Waals surface area contributed by atoms with Gasteiger partial charge in [-0.2, -0.15) is 0 Å². The number of hydrogen-bond acceptors (Lipinski definition) is 5. The molecule has 1 saturated heterocycles. The van der Waals surface area contributed by atoms with E-state index in [4.69, 9.17) is 14.6 Å². The smallest absolute Gasteiger partial charge is 0.335 e. The molecule has 1 aromatic heterocycles. The first-order valence-corrected chi connectivity index (χ1v) is 9.34. The number of pyridine rings is 1. The van der Waals surface area contributed by atoms with Gasteiger partial charge in [0, 0.05) is 23.2 Å². The second-order valence-electron chi connectivity index (χ2n) is 6.83. The highest BCUT2D eigenvalue weighted by Gasteiger charge is 2.19. The number of piperidine rings is 1. The lowest BCUT2D eigenvalue weighted by Gasteiger charge is -2.29. The van der Waals surface area contributed by atoms with Gasteiger partial charge in [0.25, 0.3) is 0 Å². The molecule has 142 valence electrons. The zero-order valence-corrected chi connectivity index (χ0v) is 15.9. The predicted molar refractivity (Wildman–Crippen MR) is 105 cm³/mol. The topological polar surface area (TPSA) is 71.9 Å². The lowest BCUT2D eigenvalue weighted by atomic mass is 9.92. The van der Waals surface area contributed by atoms with Gasteiger partial charge in [-0.1, -0.05) is 12.1 Å². The summed E-state index contributed by atoms with van der Waals surface area (Å²) in [6.45, 7) is 4.78. The fraction of sp³-hybridized carbons (Fsp3) is 0.400. The molecule has 1 aliphatic rings. The van der Waals surface area contributed by atoms with Gasteiger partial charge in [-0.25, -0.2) is 9.78 Å². The standard InChI is InChI=1S/C20H25BN2O4/c1-2-26-18-12-15(20(24)25)6-7-16(18)13-27-19-5-3-4-17(22-19)14-8-10-23(21)11-9-14/h3-7,12,14H,2,8-11,13,21H2,1H3,(H,24,25). The van der Waals surface area contributed by atoms with Crippen LogP contribution in [0.4, 0.5) is 0 Å². The average Bonchev–Trinajstić information content (AvgIpc) is 2.68. The minimum Gasteiger partial charge on any atom is -0.493 e. The van der Waals surface area contributed by atoms with Gasteiger partial charge in [-0.3, -0.25) is 0 Å². The number of nitrogens with zero attached hydrogens (tertiary/aromatic N) is 2. The van der Waals surface area contributed by atoms with Crippen LogP contribution in [0.5, 0.6) is 11.6 Å². The van der Waals surface area contributed by atoms with Gasteiger partial charge < -0.3 is 19.4 Å². The van der Waals surface area contributed by atoms with E-state index in [0.29, 0.717) is 24.2 Å². The zero-order chi connectivity index (χ0) is 19.2. The molecule has 0 amide bonds. The van der Waals surface area contributed by atoms with E-state index in [1.807, 2.05) is 19.1 Å². The Morgan fingerprint density at radius 2 is 2.04 bits per heavy atom. The fourth-order valence-corrected chi connectivity index (χ4v) is 3.29. The number of benzene rings is 1. The fourth-order valence-electron chi connectivity index (χ4n) is 3.29. The van der Waals surface area contributed by atoms with E-state index in [9.17, 15) is 4.79 Å². The number of rotatable bonds is 7. The number of aromatic carboxylic acids is 1. The largest absolute Gasteiger partial charge is 0.493 e. The number of carboxylic acid groups (broad SMARTS) is 1. The molecule has 0 spiro atoms. The molecular formula is C20H25BN2O4. The van der Waals surface area contributed by atoms with E-state index in [-0.39, 0.29) is 12.2 Å². The van der Waals surface area contributed by atoms with Crippen molar-refractivity contribution in [3.8, 4) is 11.6 Å². The Morgan fingerprint density at radius 1 is 1.26 bits per heavy atom. The van der Waals surface area contributed by atoms with Crippen LogP contribution in [-0.4, -0.2) is 48.5 Å². The summed E-state index contributed by atoms with van der Waals surface area (Å²) in [4.78, 5) is 18.2. The van der Waals surface area contributed by atoms with Gasteiger partial charge >= 0.3 is 5.97 Å². The summed E-state index contributed by atoms with van der Waals surface area (Å²) in [5.41, 5.74) is 2.07. The Hall–Kier alpha value is -2.54. The quantitative estimate of drug-likeness (QED) is 0.758. The van der Waals surface area contributed by atoms with Crippen molar-refractivity contribution in [3.05, 3.63) is 53.2 Å². The molecule has 7 heteroatoms. The van der Waals surface area contributed by atoms with Crippen LogP contribution in [-0.2, 0) is 6.61 Å². The van der Waals surface area contributed by atoms with E-state index in [0.717, 1.165) is 37.2 Å². The average molecular weight is 368 g/mol. The van der Waals surface area contributed by atoms with Crippen LogP contribution in [0.25, 0.3) is 0 Å². The number of hydrogen-bond donors (Lipinski definition) is 1. The molecule has 0 aliphatic carbocycles. The summed E-state index contributed by atoms with van der Waals surface area (Å²) < 4.78 is 11.5. The van der Waals surface area contributed by atoms with Crippen molar-refractivity contribution in [2.75, 3.05) is 19.7 Å². The second kappa shape index (κ2) is 8.91. The highest BCUT2D eigenvalue weighted by atomic mass is 16.5. The van der Waals surface area contributed by atoms with E-state index in [1.165, 1.54) is 6.07 Å².